The third kappa shape index (κ3) is 3.71. The highest BCUT2D eigenvalue weighted by Crippen LogP contribution is 2.21. The summed E-state index contributed by atoms with van der Waals surface area (Å²) in [4.78, 5) is 26.8. The molecule has 0 aliphatic carbocycles. The van der Waals surface area contributed by atoms with E-state index in [4.69, 9.17) is 0 Å². The van der Waals surface area contributed by atoms with Gasteiger partial charge in [0, 0.05) is 16.5 Å². The summed E-state index contributed by atoms with van der Waals surface area (Å²) in [5.41, 5.74) is 1.32. The number of para-hydroxylation sites is 1. The maximum Gasteiger partial charge on any atom is 0.251 e. The number of benzene rings is 2. The van der Waals surface area contributed by atoms with Gasteiger partial charge in [0.1, 0.15) is 5.82 Å². The molecular formula is C18H14BrFN2O2. The number of aryl methyl sites for hydroxylation is 1. The van der Waals surface area contributed by atoms with Crippen LogP contribution >= 0.6 is 15.9 Å². The summed E-state index contributed by atoms with van der Waals surface area (Å²) in [6.07, 6.45) is 0.482. The first kappa shape index (κ1) is 16.4. The van der Waals surface area contributed by atoms with Crippen LogP contribution in [0.15, 0.2) is 57.8 Å². The summed E-state index contributed by atoms with van der Waals surface area (Å²) in [5, 5.41) is 3.53. The fourth-order valence-electron chi connectivity index (χ4n) is 2.43. The predicted molar refractivity (Wildman–Crippen MR) is 95.6 cm³/mol. The summed E-state index contributed by atoms with van der Waals surface area (Å²) in [6.45, 7) is 0. The molecule has 6 heteroatoms. The van der Waals surface area contributed by atoms with Gasteiger partial charge in [-0.05, 0) is 64.1 Å². The van der Waals surface area contributed by atoms with E-state index in [1.165, 1.54) is 12.1 Å². The molecule has 122 valence electrons. The predicted octanol–water partition coefficient (Wildman–Crippen LogP) is 4.00. The maximum atomic E-state index is 13.2. The first-order valence-corrected chi connectivity index (χ1v) is 8.18. The van der Waals surface area contributed by atoms with E-state index in [1.807, 2.05) is 18.2 Å². The highest BCUT2D eigenvalue weighted by atomic mass is 79.9. The lowest BCUT2D eigenvalue weighted by atomic mass is 10.1. The first-order valence-electron chi connectivity index (χ1n) is 7.39. The van der Waals surface area contributed by atoms with E-state index in [-0.39, 0.29) is 17.9 Å². The van der Waals surface area contributed by atoms with Crippen LogP contribution in [0.3, 0.4) is 0 Å². The Balaban J connectivity index is 1.72. The van der Waals surface area contributed by atoms with Gasteiger partial charge in [0.15, 0.2) is 0 Å². The van der Waals surface area contributed by atoms with Crippen molar-refractivity contribution in [2.75, 3.05) is 5.32 Å². The number of nitrogens with one attached hydrogen (secondary N) is 2. The molecule has 0 aliphatic rings. The number of carbonyl (C=O) groups excluding carboxylic acids is 1. The van der Waals surface area contributed by atoms with Crippen LogP contribution in [0.1, 0.15) is 12.0 Å². The van der Waals surface area contributed by atoms with Crippen molar-refractivity contribution < 1.29 is 9.18 Å². The number of aromatic amines is 1. The molecule has 24 heavy (non-hydrogen) atoms. The van der Waals surface area contributed by atoms with Crippen LogP contribution < -0.4 is 10.9 Å². The highest BCUT2D eigenvalue weighted by Gasteiger charge is 2.09. The van der Waals surface area contributed by atoms with Crippen molar-refractivity contribution in [3.8, 4) is 0 Å². The molecule has 0 unspecified atom stereocenters. The van der Waals surface area contributed by atoms with E-state index in [0.717, 1.165) is 9.86 Å². The van der Waals surface area contributed by atoms with Gasteiger partial charge >= 0.3 is 0 Å². The number of aromatic nitrogens is 1. The Morgan fingerprint density at radius 3 is 2.75 bits per heavy atom. The Bertz CT molecular complexity index is 969. The number of hydrogen-bond acceptors (Lipinski definition) is 2. The average Bonchev–Trinajstić information content (AvgIpc) is 2.55. The van der Waals surface area contributed by atoms with E-state index >= 15 is 0 Å². The number of amides is 1. The van der Waals surface area contributed by atoms with Gasteiger partial charge in [-0.15, -0.1) is 0 Å². The number of fused-ring (bicyclic) bond motifs is 1. The van der Waals surface area contributed by atoms with Crippen LogP contribution in [0.5, 0.6) is 0 Å². The van der Waals surface area contributed by atoms with Crippen LogP contribution in [0.25, 0.3) is 10.9 Å². The molecule has 1 heterocycles. The second-order valence-electron chi connectivity index (χ2n) is 5.38. The standard InChI is InChI=1S/C18H14BrFN2O2/c19-14-3-1-2-4-15(14)21-17(23)8-6-12-9-11-5-7-13(20)10-16(11)22-18(12)24/h1-5,7,9-10H,6,8H2,(H,21,23)(H,22,24). The molecule has 0 atom stereocenters. The lowest BCUT2D eigenvalue weighted by Gasteiger charge is -2.07. The number of halogens is 2. The third-order valence-corrected chi connectivity index (χ3v) is 4.35. The number of pyridine rings is 1. The summed E-state index contributed by atoms with van der Waals surface area (Å²) in [7, 11) is 0. The lowest BCUT2D eigenvalue weighted by Crippen LogP contribution is -2.17. The van der Waals surface area contributed by atoms with Crippen molar-refractivity contribution in [1.29, 1.82) is 0 Å². The molecule has 2 N–H and O–H groups in total. The molecule has 4 nitrogen and oxygen atoms in total. The summed E-state index contributed by atoms with van der Waals surface area (Å²) >= 11 is 3.37. The topological polar surface area (TPSA) is 62.0 Å². The Kier molecular flexibility index (Phi) is 4.76. The van der Waals surface area contributed by atoms with Crippen molar-refractivity contribution >= 4 is 38.4 Å². The molecule has 3 aromatic rings. The molecule has 0 fully saturated rings. The minimum absolute atomic E-state index is 0.178. The lowest BCUT2D eigenvalue weighted by molar-refractivity contribution is -0.116. The number of carbonyl (C=O) groups is 1. The monoisotopic (exact) mass is 388 g/mol. The van der Waals surface area contributed by atoms with Crippen molar-refractivity contribution in [1.82, 2.24) is 4.98 Å². The third-order valence-electron chi connectivity index (χ3n) is 3.65. The van der Waals surface area contributed by atoms with E-state index in [9.17, 15) is 14.0 Å². The van der Waals surface area contributed by atoms with Gasteiger partial charge in [-0.25, -0.2) is 4.39 Å². The average molecular weight is 389 g/mol. The fraction of sp³-hybridized carbons (Fsp3) is 0.111. The van der Waals surface area contributed by atoms with Crippen LogP contribution in [-0.2, 0) is 11.2 Å². The summed E-state index contributed by atoms with van der Waals surface area (Å²) in [6, 6.07) is 13.2. The number of H-pyrrole nitrogens is 1. The Hall–Kier alpha value is -2.47. The van der Waals surface area contributed by atoms with Gasteiger partial charge in [-0.3, -0.25) is 9.59 Å². The quantitative estimate of drug-likeness (QED) is 0.709. The molecule has 3 rings (SSSR count). The first-order chi connectivity index (χ1) is 11.5. The molecule has 1 aromatic heterocycles. The van der Waals surface area contributed by atoms with E-state index < -0.39 is 5.82 Å². The van der Waals surface area contributed by atoms with Crippen LogP contribution in [0.4, 0.5) is 10.1 Å². The van der Waals surface area contributed by atoms with Gasteiger partial charge in [-0.1, -0.05) is 12.1 Å². The Labute approximate surface area is 145 Å². The van der Waals surface area contributed by atoms with Gasteiger partial charge in [0.2, 0.25) is 5.91 Å². The second kappa shape index (κ2) is 6.97. The zero-order chi connectivity index (χ0) is 17.1. The molecule has 0 aliphatic heterocycles. The van der Waals surface area contributed by atoms with Crippen LogP contribution in [0, 0.1) is 5.82 Å². The molecular weight excluding hydrogens is 375 g/mol. The molecule has 0 saturated heterocycles. The number of rotatable bonds is 4. The van der Waals surface area contributed by atoms with Gasteiger partial charge in [-0.2, -0.15) is 0 Å². The maximum absolute atomic E-state index is 13.2. The minimum atomic E-state index is -0.404. The van der Waals surface area contributed by atoms with Gasteiger partial charge in [0.05, 0.1) is 11.2 Å². The molecule has 2 aromatic carbocycles. The van der Waals surface area contributed by atoms with Crippen LogP contribution in [0.2, 0.25) is 0 Å². The van der Waals surface area contributed by atoms with Crippen molar-refractivity contribution in [2.24, 2.45) is 0 Å². The largest absolute Gasteiger partial charge is 0.325 e. The SMILES string of the molecule is O=C(CCc1cc2ccc(F)cc2[nH]c1=O)Nc1ccccc1Br. The Morgan fingerprint density at radius 2 is 1.96 bits per heavy atom. The highest BCUT2D eigenvalue weighted by molar-refractivity contribution is 9.10. The fourth-order valence-corrected chi connectivity index (χ4v) is 2.81. The van der Waals surface area contributed by atoms with Crippen molar-refractivity contribution in [3.05, 3.63) is 74.7 Å². The van der Waals surface area contributed by atoms with E-state index in [0.29, 0.717) is 23.2 Å². The molecule has 0 bridgehead atoms. The van der Waals surface area contributed by atoms with Crippen molar-refractivity contribution in [2.45, 2.75) is 12.8 Å². The van der Waals surface area contributed by atoms with E-state index in [1.54, 1.807) is 18.2 Å². The smallest absolute Gasteiger partial charge is 0.251 e. The second-order valence-corrected chi connectivity index (χ2v) is 6.24. The number of anilines is 1. The summed E-state index contributed by atoms with van der Waals surface area (Å²) in [5.74, 6) is -0.584. The van der Waals surface area contributed by atoms with Crippen molar-refractivity contribution in [3.63, 3.8) is 0 Å². The zero-order valence-corrected chi connectivity index (χ0v) is 14.2. The minimum Gasteiger partial charge on any atom is -0.325 e. The number of hydrogen-bond donors (Lipinski definition) is 2. The zero-order valence-electron chi connectivity index (χ0n) is 12.6. The van der Waals surface area contributed by atoms with Gasteiger partial charge < -0.3 is 10.3 Å². The molecule has 0 spiro atoms. The Morgan fingerprint density at radius 1 is 1.17 bits per heavy atom. The molecule has 0 saturated carbocycles. The normalized spacial score (nSPS) is 10.8. The van der Waals surface area contributed by atoms with E-state index in [2.05, 4.69) is 26.2 Å². The summed E-state index contributed by atoms with van der Waals surface area (Å²) < 4.78 is 14.0. The molecule has 0 radical (unpaired) electrons. The van der Waals surface area contributed by atoms with Crippen LogP contribution in [-0.4, -0.2) is 10.9 Å². The van der Waals surface area contributed by atoms with Gasteiger partial charge in [0.25, 0.3) is 5.56 Å². The molecule has 1 amide bonds.